The molecule has 1 heterocycles. The van der Waals surface area contributed by atoms with Crippen LogP contribution in [0.1, 0.15) is 265 Å². The highest BCUT2D eigenvalue weighted by Crippen LogP contribution is 2.26. The van der Waals surface area contributed by atoms with E-state index in [4.69, 9.17) is 23.7 Å². The number of rotatable bonds is 53. The van der Waals surface area contributed by atoms with Gasteiger partial charge in [-0.1, -0.05) is 221 Å². The van der Waals surface area contributed by atoms with Crippen molar-refractivity contribution in [3.63, 3.8) is 0 Å². The Morgan fingerprint density at radius 3 is 1.24 bits per heavy atom. The number of carbonyl (C=O) groups is 4. The van der Waals surface area contributed by atoms with E-state index in [1.165, 1.54) is 83.5 Å². The molecule has 0 saturated carbocycles. The molecule has 12 heteroatoms. The highest BCUT2D eigenvalue weighted by atomic mass is 16.7. The van der Waals surface area contributed by atoms with Crippen molar-refractivity contribution < 1.29 is 58.2 Å². The van der Waals surface area contributed by atoms with Crippen LogP contribution in [-0.4, -0.2) is 89.2 Å². The molecule has 3 N–H and O–H groups in total. The molecule has 1 fully saturated rings. The predicted octanol–water partition coefficient (Wildman–Crippen LogP) is 16.7. The number of unbranched alkanes of at least 4 members (excludes halogenated alkanes) is 25. The molecule has 1 rings (SSSR count). The zero-order valence-corrected chi connectivity index (χ0v) is 49.8. The SMILES string of the molecule is CC/C=C\C/C=C\C/C=C\CCCCCCCCCC(=O)OC1C(OCC(COC(=O)CCCCCCCCCCC/C=C\CCCCCCCC)OC(=O)CCCCC/C=C\C/C=C\C/C=C\CC)OC(C(=O)O)C(O)C1O. The Labute approximate surface area is 480 Å². The number of carbonyl (C=O) groups excluding carboxylic acids is 3. The van der Waals surface area contributed by atoms with E-state index >= 15 is 0 Å². The number of carboxylic acids is 1. The average molecular weight is 1110 g/mol. The van der Waals surface area contributed by atoms with Crippen LogP contribution < -0.4 is 0 Å². The number of aliphatic hydroxyl groups is 2. The molecule has 0 spiro atoms. The summed E-state index contributed by atoms with van der Waals surface area (Å²) < 4.78 is 28.5. The monoisotopic (exact) mass is 1110 g/mol. The van der Waals surface area contributed by atoms with Crippen molar-refractivity contribution in [3.8, 4) is 0 Å². The van der Waals surface area contributed by atoms with E-state index in [9.17, 15) is 34.5 Å². The van der Waals surface area contributed by atoms with Gasteiger partial charge in [-0.25, -0.2) is 4.79 Å². The van der Waals surface area contributed by atoms with Gasteiger partial charge in [0, 0.05) is 19.3 Å². The van der Waals surface area contributed by atoms with E-state index in [1.54, 1.807) is 0 Å². The third-order valence-electron chi connectivity index (χ3n) is 13.9. The van der Waals surface area contributed by atoms with Gasteiger partial charge in [-0.2, -0.15) is 0 Å². The van der Waals surface area contributed by atoms with Crippen molar-refractivity contribution in [2.75, 3.05) is 13.2 Å². The van der Waals surface area contributed by atoms with Gasteiger partial charge in [-0.3, -0.25) is 14.4 Å². The number of allylic oxidation sites excluding steroid dienone is 14. The summed E-state index contributed by atoms with van der Waals surface area (Å²) in [5.41, 5.74) is 0. The summed E-state index contributed by atoms with van der Waals surface area (Å²) >= 11 is 0. The van der Waals surface area contributed by atoms with Crippen LogP contribution >= 0.6 is 0 Å². The molecule has 0 radical (unpaired) electrons. The van der Waals surface area contributed by atoms with Crippen molar-refractivity contribution in [1.29, 1.82) is 0 Å². The largest absolute Gasteiger partial charge is 0.479 e. The Morgan fingerprint density at radius 2 is 0.797 bits per heavy atom. The number of aliphatic carboxylic acids is 1. The van der Waals surface area contributed by atoms with Crippen LogP contribution in [0, 0.1) is 0 Å². The molecule has 452 valence electrons. The van der Waals surface area contributed by atoms with Crippen LogP contribution in [0.5, 0.6) is 0 Å². The minimum atomic E-state index is -1.91. The number of aliphatic hydroxyl groups excluding tert-OH is 2. The summed E-state index contributed by atoms with van der Waals surface area (Å²) in [4.78, 5) is 51.2. The smallest absolute Gasteiger partial charge is 0.335 e. The number of carboxylic acid groups (broad SMARTS) is 1. The first-order chi connectivity index (χ1) is 38.6. The predicted molar refractivity (Wildman–Crippen MR) is 321 cm³/mol. The fraction of sp³-hybridized carbons (Fsp3) is 0.731. The van der Waals surface area contributed by atoms with Gasteiger partial charge in [0.15, 0.2) is 24.6 Å². The summed E-state index contributed by atoms with van der Waals surface area (Å²) in [6.07, 6.45) is 58.4. The van der Waals surface area contributed by atoms with Gasteiger partial charge in [0.2, 0.25) is 0 Å². The molecular formula is C67H112O12. The lowest BCUT2D eigenvalue weighted by Gasteiger charge is -2.40. The molecule has 1 aliphatic heterocycles. The number of hydrogen-bond donors (Lipinski definition) is 3. The topological polar surface area (TPSA) is 175 Å². The average Bonchev–Trinajstić information content (AvgIpc) is 3.46. The zero-order chi connectivity index (χ0) is 57.5. The lowest BCUT2D eigenvalue weighted by molar-refractivity contribution is -0.301. The maximum Gasteiger partial charge on any atom is 0.335 e. The fourth-order valence-corrected chi connectivity index (χ4v) is 9.16. The Balaban J connectivity index is 2.66. The highest BCUT2D eigenvalue weighted by molar-refractivity contribution is 5.74. The van der Waals surface area contributed by atoms with E-state index in [0.717, 1.165) is 122 Å². The Kier molecular flexibility index (Phi) is 50.3. The summed E-state index contributed by atoms with van der Waals surface area (Å²) in [6, 6.07) is 0. The minimum Gasteiger partial charge on any atom is -0.479 e. The van der Waals surface area contributed by atoms with Crippen molar-refractivity contribution in [2.45, 2.75) is 302 Å². The van der Waals surface area contributed by atoms with E-state index in [1.807, 2.05) is 0 Å². The zero-order valence-electron chi connectivity index (χ0n) is 49.8. The normalized spacial score (nSPS) is 18.4. The first kappa shape index (κ1) is 72.9. The maximum absolute atomic E-state index is 13.1. The molecule has 79 heavy (non-hydrogen) atoms. The molecule has 0 aromatic rings. The Bertz CT molecular complexity index is 1700. The van der Waals surface area contributed by atoms with Gasteiger partial charge >= 0.3 is 23.9 Å². The number of esters is 3. The van der Waals surface area contributed by atoms with Crippen molar-refractivity contribution in [2.24, 2.45) is 0 Å². The molecule has 0 aliphatic carbocycles. The standard InChI is InChI=1S/C67H112O12/c1-4-7-10-13-16-19-22-25-27-29-30-32-33-36-38-41-44-47-50-53-59(68)75-56-58(77-60(69)54-51-48-45-42-39-35-24-21-18-15-12-9-6-3)57-76-67-65(63(72)62(71)64(79-67)66(73)74)78-61(70)55-52-49-46-43-40-37-34-31-28-26-23-20-17-14-11-8-5-2/h8-9,11-12,17-18,20-21,25-28,35,39,58,62-65,67,71-72H,4-7,10,13-16,19,22-24,29-34,36-38,40-57H2,1-3H3,(H,73,74)/b11-8-,12-9-,20-17-,21-18-,27-25-,28-26-,39-35-. The van der Waals surface area contributed by atoms with Crippen LogP contribution in [0.3, 0.4) is 0 Å². The second-order valence-corrected chi connectivity index (χ2v) is 21.3. The molecule has 0 amide bonds. The van der Waals surface area contributed by atoms with E-state index in [0.29, 0.717) is 19.3 Å². The van der Waals surface area contributed by atoms with Crippen LogP contribution in [-0.2, 0) is 42.9 Å². The van der Waals surface area contributed by atoms with Gasteiger partial charge in [0.05, 0.1) is 6.61 Å². The Morgan fingerprint density at radius 1 is 0.430 bits per heavy atom. The van der Waals surface area contributed by atoms with E-state index in [2.05, 4.69) is 106 Å². The second-order valence-electron chi connectivity index (χ2n) is 21.3. The molecule has 6 unspecified atom stereocenters. The molecular weight excluding hydrogens is 997 g/mol. The molecule has 0 aromatic carbocycles. The molecule has 12 nitrogen and oxygen atoms in total. The summed E-state index contributed by atoms with van der Waals surface area (Å²) in [6.45, 7) is 5.75. The molecule has 0 bridgehead atoms. The fourth-order valence-electron chi connectivity index (χ4n) is 9.16. The van der Waals surface area contributed by atoms with Crippen molar-refractivity contribution in [3.05, 3.63) is 85.1 Å². The summed E-state index contributed by atoms with van der Waals surface area (Å²) in [7, 11) is 0. The first-order valence-corrected chi connectivity index (χ1v) is 31.6. The third kappa shape index (κ3) is 44.3. The van der Waals surface area contributed by atoms with Gasteiger partial charge < -0.3 is 39.0 Å². The summed E-state index contributed by atoms with van der Waals surface area (Å²) in [5.74, 6) is -3.17. The lowest BCUT2D eigenvalue weighted by atomic mass is 9.98. The van der Waals surface area contributed by atoms with Gasteiger partial charge in [-0.05, 0) is 109 Å². The maximum atomic E-state index is 13.1. The van der Waals surface area contributed by atoms with Crippen LogP contribution in [0.15, 0.2) is 85.1 Å². The van der Waals surface area contributed by atoms with Gasteiger partial charge in [0.25, 0.3) is 0 Å². The minimum absolute atomic E-state index is 0.0429. The quantitative estimate of drug-likeness (QED) is 0.0228. The summed E-state index contributed by atoms with van der Waals surface area (Å²) in [5, 5.41) is 31.5. The lowest BCUT2D eigenvalue weighted by Crippen LogP contribution is -2.61. The molecule has 0 aromatic heterocycles. The van der Waals surface area contributed by atoms with Crippen molar-refractivity contribution in [1.82, 2.24) is 0 Å². The van der Waals surface area contributed by atoms with Gasteiger partial charge in [-0.15, -0.1) is 0 Å². The third-order valence-corrected chi connectivity index (χ3v) is 13.9. The first-order valence-electron chi connectivity index (χ1n) is 31.6. The van der Waals surface area contributed by atoms with E-state index < -0.39 is 67.3 Å². The number of hydrogen-bond acceptors (Lipinski definition) is 11. The Hall–Kier alpha value is -4.10. The second kappa shape index (κ2) is 54.5. The molecule has 6 atom stereocenters. The van der Waals surface area contributed by atoms with Crippen LogP contribution in [0.4, 0.5) is 0 Å². The van der Waals surface area contributed by atoms with Crippen molar-refractivity contribution >= 4 is 23.9 Å². The van der Waals surface area contributed by atoms with E-state index in [-0.39, 0.29) is 25.9 Å². The number of ether oxygens (including phenoxy) is 5. The van der Waals surface area contributed by atoms with Gasteiger partial charge in [0.1, 0.15) is 18.8 Å². The van der Waals surface area contributed by atoms with Crippen LogP contribution in [0.25, 0.3) is 0 Å². The molecule has 1 aliphatic rings. The highest BCUT2D eigenvalue weighted by Gasteiger charge is 2.50. The van der Waals surface area contributed by atoms with Crippen LogP contribution in [0.2, 0.25) is 0 Å². The molecule has 1 saturated heterocycles.